The van der Waals surface area contributed by atoms with E-state index in [0.29, 0.717) is 17.5 Å². The maximum absolute atomic E-state index is 5.98. The van der Waals surface area contributed by atoms with Crippen molar-refractivity contribution >= 4 is 72.6 Å². The van der Waals surface area contributed by atoms with E-state index in [0.717, 1.165) is 67.5 Å². The summed E-state index contributed by atoms with van der Waals surface area (Å²) in [5, 5.41) is 25.8. The molecule has 0 radical (unpaired) electrons. The molecule has 15 heteroatoms. The highest BCUT2D eigenvalue weighted by Gasteiger charge is 2.77. The quantitative estimate of drug-likeness (QED) is 0.133. The van der Waals surface area contributed by atoms with Crippen molar-refractivity contribution < 1.29 is 4.61 Å². The minimum Gasteiger partial charge on any atom is -0.430 e. The van der Waals surface area contributed by atoms with Gasteiger partial charge in [0.2, 0.25) is 5.84 Å². The maximum Gasteiger partial charge on any atom is 0.614 e. The molecule has 12 nitrogen and oxygen atoms in total. The van der Waals surface area contributed by atoms with E-state index in [2.05, 4.69) is 308 Å². The first-order valence-corrected chi connectivity index (χ1v) is 25.4. The standard InChI is InChI=1S/C60H51B3N12/c1-46-34-40-49(41-35-46)58-64-73(55-28-16-7-17-29-55)63(74(65-58)56-30-18-8-19-31-56)69-59(50-42-36-47(2)37-43-50)66-71(53-24-12-5-13-25-53)61(69)68(52-22-10-4-11-23-52)62-70(63)60(51-44-38-48(3)39-45-51)67-75(57-32-20-9-21-33-57)72(62)54-26-14-6-15-27-54/h4-45H,1-3H3. The van der Waals surface area contributed by atoms with Gasteiger partial charge >= 0.3 is 20.9 Å². The summed E-state index contributed by atoms with van der Waals surface area (Å²) in [6.07, 6.45) is 0. The molecule has 1 spiro atoms. The van der Waals surface area contributed by atoms with Crippen molar-refractivity contribution in [3.05, 3.63) is 288 Å². The second-order valence-electron chi connectivity index (χ2n) is 19.3. The van der Waals surface area contributed by atoms with Crippen molar-refractivity contribution in [2.45, 2.75) is 20.8 Å². The van der Waals surface area contributed by atoms with E-state index in [1.165, 1.54) is 0 Å². The zero-order chi connectivity index (χ0) is 50.5. The van der Waals surface area contributed by atoms with Gasteiger partial charge in [0.05, 0.1) is 5.69 Å². The van der Waals surface area contributed by atoms with Crippen LogP contribution in [0, 0.1) is 20.8 Å². The Morgan fingerprint density at radius 2 is 0.787 bits per heavy atom. The highest BCUT2D eigenvalue weighted by molar-refractivity contribution is 7.04. The number of azo groups is 1. The Hall–Kier alpha value is -9.62. The van der Waals surface area contributed by atoms with E-state index in [-0.39, 0.29) is 0 Å². The van der Waals surface area contributed by atoms with Gasteiger partial charge in [0.1, 0.15) is 11.7 Å². The summed E-state index contributed by atoms with van der Waals surface area (Å²) in [7, 11) is -1.47. The average Bonchev–Trinajstić information content (AvgIpc) is 3.94. The minimum atomic E-state index is -2.88. The molecule has 4 heterocycles. The molecule has 0 aliphatic carbocycles. The molecule has 13 rings (SSSR count). The second-order valence-corrected chi connectivity index (χ2v) is 19.3. The number of fused-ring (bicyclic) bond motifs is 4. The highest BCUT2D eigenvalue weighted by Crippen LogP contribution is 2.49. The number of aryl methyl sites for hydroxylation is 3. The molecule has 9 aromatic carbocycles. The number of hydrogen-bond acceptors (Lipinski definition) is 11. The second kappa shape index (κ2) is 18.8. The zero-order valence-electron chi connectivity index (χ0n) is 41.8. The van der Waals surface area contributed by atoms with Crippen LogP contribution < -0.4 is 24.6 Å². The summed E-state index contributed by atoms with van der Waals surface area (Å²) in [5.74, 6) is 1.94. The Labute approximate surface area is 438 Å². The van der Waals surface area contributed by atoms with E-state index < -0.39 is 20.9 Å². The van der Waals surface area contributed by atoms with Crippen molar-refractivity contribution in [2.24, 2.45) is 20.4 Å². The molecule has 75 heavy (non-hydrogen) atoms. The Bertz CT molecular complexity index is 3620. The van der Waals surface area contributed by atoms with Crippen LogP contribution in [0.3, 0.4) is 0 Å². The van der Waals surface area contributed by atoms with Crippen molar-refractivity contribution in [3.8, 4) is 0 Å². The number of hydrogen-bond donors (Lipinski definition) is 0. The molecule has 0 aromatic heterocycles. The first kappa shape index (κ1) is 45.3. The third-order valence-corrected chi connectivity index (χ3v) is 14.4. The molecule has 1 atom stereocenters. The van der Waals surface area contributed by atoms with Gasteiger partial charge in [0.15, 0.2) is 5.69 Å². The number of benzene rings is 9. The molecule has 0 N–H and O–H groups in total. The van der Waals surface area contributed by atoms with Gasteiger partial charge in [-0.3, -0.25) is 9.84 Å². The predicted molar refractivity (Wildman–Crippen MR) is 307 cm³/mol. The van der Waals surface area contributed by atoms with Gasteiger partial charge in [-0.1, -0.05) is 199 Å². The van der Waals surface area contributed by atoms with E-state index in [9.17, 15) is 0 Å². The number of hydrazine groups is 1. The minimum absolute atomic E-state index is 0.540. The Kier molecular flexibility index (Phi) is 11.3. The Morgan fingerprint density at radius 3 is 1.31 bits per heavy atom. The number of rotatable bonds is 9. The van der Waals surface area contributed by atoms with Crippen LogP contribution in [-0.2, 0) is 0 Å². The van der Waals surface area contributed by atoms with Gasteiger partial charge < -0.3 is 19.1 Å². The molecule has 4 aliphatic heterocycles. The van der Waals surface area contributed by atoms with E-state index >= 15 is 0 Å². The molecular formula is C60H51B3N12. The summed E-state index contributed by atoms with van der Waals surface area (Å²) < 4.78 is 9.67. The van der Waals surface area contributed by atoms with Gasteiger partial charge in [-0.15, -0.1) is 5.10 Å². The summed E-state index contributed by atoms with van der Waals surface area (Å²) in [4.78, 5) is 6.72. The largest absolute Gasteiger partial charge is 0.614 e. The predicted octanol–water partition coefficient (Wildman–Crippen LogP) is 12.3. The van der Waals surface area contributed by atoms with Crippen LogP contribution in [0.4, 0.5) is 34.1 Å². The number of anilines is 5. The van der Waals surface area contributed by atoms with Crippen LogP contribution in [-0.4, -0.2) is 52.5 Å². The Morgan fingerprint density at radius 1 is 0.373 bits per heavy atom. The average molecular weight is 973 g/mol. The number of para-hydroxylation sites is 6. The number of hydrazone groups is 3. The molecular weight excluding hydrogens is 921 g/mol. The molecule has 0 amide bonds. The molecule has 0 saturated carbocycles. The third-order valence-electron chi connectivity index (χ3n) is 14.4. The van der Waals surface area contributed by atoms with Crippen LogP contribution in [0.2, 0.25) is 0 Å². The monoisotopic (exact) mass is 972 g/mol. The van der Waals surface area contributed by atoms with Gasteiger partial charge in [-0.05, 0) is 86.5 Å². The van der Waals surface area contributed by atoms with Crippen LogP contribution in [0.25, 0.3) is 0 Å². The van der Waals surface area contributed by atoms with Gasteiger partial charge in [0, 0.05) is 51.6 Å². The summed E-state index contributed by atoms with van der Waals surface area (Å²) >= 11 is 0. The van der Waals surface area contributed by atoms with Gasteiger partial charge in [-0.2, -0.15) is 15.3 Å². The topological polar surface area (TPSA) is 75.1 Å². The van der Waals surface area contributed by atoms with Crippen LogP contribution >= 0.6 is 0 Å². The summed E-state index contributed by atoms with van der Waals surface area (Å²) in [6.45, 7) is 3.47. The lowest BCUT2D eigenvalue weighted by molar-refractivity contribution is -0.391. The molecule has 0 unspecified atom stereocenters. The fourth-order valence-corrected chi connectivity index (χ4v) is 10.9. The van der Waals surface area contributed by atoms with E-state index in [4.69, 9.17) is 20.4 Å². The maximum atomic E-state index is 5.98. The van der Waals surface area contributed by atoms with Crippen LogP contribution in [0.15, 0.2) is 275 Å². The number of nitrogens with zero attached hydrogens (tertiary/aromatic N) is 12. The van der Waals surface area contributed by atoms with E-state index in [1.807, 2.05) is 6.07 Å². The molecule has 360 valence electrons. The van der Waals surface area contributed by atoms with Gasteiger partial charge in [-0.25, -0.2) is 4.61 Å². The lowest BCUT2D eigenvalue weighted by Crippen LogP contribution is -2.97. The zero-order valence-corrected chi connectivity index (χ0v) is 41.8. The van der Waals surface area contributed by atoms with Crippen molar-refractivity contribution in [1.82, 2.24) is 9.44 Å². The highest BCUT2D eigenvalue weighted by atomic mass is 15.8. The van der Waals surface area contributed by atoms with Crippen LogP contribution in [0.1, 0.15) is 33.4 Å². The van der Waals surface area contributed by atoms with Crippen molar-refractivity contribution in [1.29, 1.82) is 0 Å². The fourth-order valence-electron chi connectivity index (χ4n) is 10.9. The number of amidine groups is 3. The van der Waals surface area contributed by atoms with Crippen molar-refractivity contribution in [2.75, 3.05) is 24.6 Å². The Balaban J connectivity index is 1.25. The SMILES string of the molecule is Cc1ccc(C2=NN(c3ccccc3)[B@@-]3(N4B(N(c5ccccc5)N=C4c4ccc(C)cc4)N(c4ccccc4)B4N(c5ccccc5)N(c5ccccc5)N=C(c5ccc(C)cc5)N43)[N+](c3ccccc3)=N2)cc1. The smallest absolute Gasteiger partial charge is 0.430 e. The molecule has 4 aliphatic rings. The lowest BCUT2D eigenvalue weighted by atomic mass is 9.46. The first-order chi connectivity index (χ1) is 37.0. The van der Waals surface area contributed by atoms with E-state index in [1.54, 1.807) is 0 Å². The lowest BCUT2D eigenvalue weighted by Gasteiger charge is -2.67. The van der Waals surface area contributed by atoms with Gasteiger partial charge in [0.25, 0.3) is 0 Å². The van der Waals surface area contributed by atoms with Crippen LogP contribution in [0.5, 0.6) is 0 Å². The molecule has 0 bridgehead atoms. The molecule has 9 aromatic rings. The molecule has 1 saturated heterocycles. The van der Waals surface area contributed by atoms with Crippen molar-refractivity contribution in [3.63, 3.8) is 0 Å². The normalized spacial score (nSPS) is 17.1. The fraction of sp³-hybridized carbons (Fsp3) is 0.0500. The summed E-state index contributed by atoms with van der Waals surface area (Å²) in [5.41, 5.74) is 11.4. The third kappa shape index (κ3) is 7.70. The summed E-state index contributed by atoms with van der Waals surface area (Å²) in [6, 6.07) is 89.1. The first-order valence-electron chi connectivity index (χ1n) is 25.4. The molecule has 1 fully saturated rings.